The summed E-state index contributed by atoms with van der Waals surface area (Å²) in [6.07, 6.45) is 6.43. The standard InChI is InChI=1S/C19H18FN3/c20-19-5-4-16(17-6-7-21-11-18(17)19)15-3-1-2-14(10-15)12-23-9-8-22-13-23/h1-5,8-10,13,21H,6-7,11-12H2. The predicted octanol–water partition coefficient (Wildman–Crippen LogP) is 3.38. The molecule has 3 nitrogen and oxygen atoms in total. The van der Waals surface area contributed by atoms with E-state index in [0.717, 1.165) is 41.8 Å². The minimum atomic E-state index is -0.106. The molecule has 0 saturated heterocycles. The summed E-state index contributed by atoms with van der Waals surface area (Å²) in [5, 5.41) is 3.25. The van der Waals surface area contributed by atoms with E-state index in [-0.39, 0.29) is 5.82 Å². The van der Waals surface area contributed by atoms with Crippen molar-refractivity contribution < 1.29 is 4.39 Å². The van der Waals surface area contributed by atoms with Gasteiger partial charge in [-0.15, -0.1) is 0 Å². The van der Waals surface area contributed by atoms with Crippen LogP contribution >= 0.6 is 0 Å². The van der Waals surface area contributed by atoms with Gasteiger partial charge in [-0.05, 0) is 47.4 Å². The number of benzene rings is 2. The van der Waals surface area contributed by atoms with Gasteiger partial charge in [-0.3, -0.25) is 0 Å². The van der Waals surface area contributed by atoms with Gasteiger partial charge in [0.1, 0.15) is 5.82 Å². The first-order chi connectivity index (χ1) is 11.3. The zero-order valence-corrected chi connectivity index (χ0v) is 12.8. The highest BCUT2D eigenvalue weighted by molar-refractivity contribution is 5.70. The normalized spacial score (nSPS) is 13.8. The van der Waals surface area contributed by atoms with Crippen LogP contribution < -0.4 is 5.32 Å². The van der Waals surface area contributed by atoms with Gasteiger partial charge < -0.3 is 9.88 Å². The van der Waals surface area contributed by atoms with E-state index in [9.17, 15) is 4.39 Å². The second kappa shape index (κ2) is 5.97. The number of nitrogens with one attached hydrogen (secondary N) is 1. The van der Waals surface area contributed by atoms with E-state index >= 15 is 0 Å². The van der Waals surface area contributed by atoms with Crippen LogP contribution in [0.3, 0.4) is 0 Å². The third-order valence-corrected chi connectivity index (χ3v) is 4.39. The summed E-state index contributed by atoms with van der Waals surface area (Å²) in [7, 11) is 0. The van der Waals surface area contributed by atoms with Crippen molar-refractivity contribution in [2.24, 2.45) is 0 Å². The van der Waals surface area contributed by atoms with E-state index in [1.54, 1.807) is 12.3 Å². The van der Waals surface area contributed by atoms with E-state index in [2.05, 4.69) is 34.6 Å². The first kappa shape index (κ1) is 14.2. The fraction of sp³-hybridized carbons (Fsp3) is 0.211. The summed E-state index contributed by atoms with van der Waals surface area (Å²) in [6, 6.07) is 12.0. The Labute approximate surface area is 134 Å². The molecule has 0 bridgehead atoms. The summed E-state index contributed by atoms with van der Waals surface area (Å²) in [4.78, 5) is 4.08. The molecule has 0 spiro atoms. The Morgan fingerprint density at radius 1 is 1.17 bits per heavy atom. The van der Waals surface area contributed by atoms with Crippen molar-refractivity contribution in [3.05, 3.63) is 77.6 Å². The average Bonchev–Trinajstić information content (AvgIpc) is 3.09. The van der Waals surface area contributed by atoms with Crippen LogP contribution in [0.2, 0.25) is 0 Å². The molecular formula is C19H18FN3. The van der Waals surface area contributed by atoms with Gasteiger partial charge in [-0.2, -0.15) is 0 Å². The van der Waals surface area contributed by atoms with Crippen LogP contribution in [-0.4, -0.2) is 16.1 Å². The predicted molar refractivity (Wildman–Crippen MR) is 88.6 cm³/mol. The Bertz CT molecular complexity index is 825. The van der Waals surface area contributed by atoms with E-state index < -0.39 is 0 Å². The molecule has 0 atom stereocenters. The highest BCUT2D eigenvalue weighted by atomic mass is 19.1. The largest absolute Gasteiger partial charge is 0.333 e. The van der Waals surface area contributed by atoms with Gasteiger partial charge in [0.15, 0.2) is 0 Å². The number of hydrogen-bond donors (Lipinski definition) is 1. The van der Waals surface area contributed by atoms with Crippen LogP contribution in [0, 0.1) is 5.82 Å². The van der Waals surface area contributed by atoms with Crippen LogP contribution in [0.4, 0.5) is 4.39 Å². The lowest BCUT2D eigenvalue weighted by atomic mass is 9.90. The molecule has 0 amide bonds. The molecule has 3 aromatic rings. The Kier molecular flexibility index (Phi) is 3.67. The molecular weight excluding hydrogens is 289 g/mol. The van der Waals surface area contributed by atoms with Crippen molar-refractivity contribution in [1.82, 2.24) is 14.9 Å². The van der Waals surface area contributed by atoms with Crippen LogP contribution in [-0.2, 0) is 19.5 Å². The summed E-state index contributed by atoms with van der Waals surface area (Å²) < 4.78 is 16.1. The molecule has 2 heterocycles. The number of rotatable bonds is 3. The van der Waals surface area contributed by atoms with Gasteiger partial charge in [0, 0.05) is 31.0 Å². The maximum absolute atomic E-state index is 14.0. The molecule has 1 N–H and O–H groups in total. The van der Waals surface area contributed by atoms with Crippen molar-refractivity contribution in [2.75, 3.05) is 6.54 Å². The van der Waals surface area contributed by atoms with E-state index in [1.807, 2.05) is 23.2 Å². The van der Waals surface area contributed by atoms with Gasteiger partial charge in [-0.1, -0.05) is 24.3 Å². The molecule has 1 aromatic heterocycles. The lowest BCUT2D eigenvalue weighted by molar-refractivity contribution is 0.564. The third kappa shape index (κ3) is 2.78. The lowest BCUT2D eigenvalue weighted by Crippen LogP contribution is -2.25. The number of hydrogen-bond acceptors (Lipinski definition) is 2. The SMILES string of the molecule is Fc1ccc(-c2cccc(Cn3ccnc3)c2)c2c1CNCC2. The van der Waals surface area contributed by atoms with Gasteiger partial charge >= 0.3 is 0 Å². The molecule has 116 valence electrons. The second-order valence-corrected chi connectivity index (χ2v) is 5.91. The van der Waals surface area contributed by atoms with Crippen molar-refractivity contribution in [3.63, 3.8) is 0 Å². The maximum atomic E-state index is 14.0. The first-order valence-corrected chi connectivity index (χ1v) is 7.87. The first-order valence-electron chi connectivity index (χ1n) is 7.87. The molecule has 1 aliphatic heterocycles. The fourth-order valence-electron chi connectivity index (χ4n) is 3.27. The molecule has 0 radical (unpaired) electrons. The van der Waals surface area contributed by atoms with Crippen molar-refractivity contribution in [2.45, 2.75) is 19.5 Å². The van der Waals surface area contributed by atoms with Gasteiger partial charge in [0.05, 0.1) is 6.33 Å². The quantitative estimate of drug-likeness (QED) is 0.804. The van der Waals surface area contributed by atoms with Crippen LogP contribution in [0.25, 0.3) is 11.1 Å². The highest BCUT2D eigenvalue weighted by Gasteiger charge is 2.17. The van der Waals surface area contributed by atoms with E-state index in [1.165, 1.54) is 5.56 Å². The molecule has 4 rings (SSSR count). The highest BCUT2D eigenvalue weighted by Crippen LogP contribution is 2.30. The number of imidazole rings is 1. The zero-order chi connectivity index (χ0) is 15.6. The minimum absolute atomic E-state index is 0.106. The Morgan fingerprint density at radius 2 is 2.13 bits per heavy atom. The zero-order valence-electron chi connectivity index (χ0n) is 12.8. The molecule has 0 fully saturated rings. The topological polar surface area (TPSA) is 29.9 Å². The summed E-state index contributed by atoms with van der Waals surface area (Å²) in [5.41, 5.74) is 5.47. The summed E-state index contributed by atoms with van der Waals surface area (Å²) >= 11 is 0. The number of halogens is 1. The van der Waals surface area contributed by atoms with E-state index in [4.69, 9.17) is 0 Å². The summed E-state index contributed by atoms with van der Waals surface area (Å²) in [5.74, 6) is -0.106. The summed E-state index contributed by atoms with van der Waals surface area (Å²) in [6.45, 7) is 2.31. The lowest BCUT2D eigenvalue weighted by Gasteiger charge is -2.21. The number of fused-ring (bicyclic) bond motifs is 1. The van der Waals surface area contributed by atoms with Crippen LogP contribution in [0.15, 0.2) is 55.1 Å². The average molecular weight is 307 g/mol. The Balaban J connectivity index is 1.73. The molecule has 4 heteroatoms. The van der Waals surface area contributed by atoms with Gasteiger partial charge in [-0.25, -0.2) is 9.37 Å². The molecule has 0 saturated carbocycles. The smallest absolute Gasteiger partial charge is 0.128 e. The molecule has 2 aromatic carbocycles. The number of nitrogens with zero attached hydrogens (tertiary/aromatic N) is 2. The van der Waals surface area contributed by atoms with E-state index in [0.29, 0.717) is 6.54 Å². The van der Waals surface area contributed by atoms with Crippen LogP contribution in [0.1, 0.15) is 16.7 Å². The minimum Gasteiger partial charge on any atom is -0.333 e. The molecule has 1 aliphatic rings. The van der Waals surface area contributed by atoms with Crippen molar-refractivity contribution >= 4 is 0 Å². The maximum Gasteiger partial charge on any atom is 0.128 e. The van der Waals surface area contributed by atoms with Crippen molar-refractivity contribution in [1.29, 1.82) is 0 Å². The van der Waals surface area contributed by atoms with Crippen molar-refractivity contribution in [3.8, 4) is 11.1 Å². The fourth-order valence-corrected chi connectivity index (χ4v) is 3.27. The molecule has 0 unspecified atom stereocenters. The Hall–Kier alpha value is -2.46. The Morgan fingerprint density at radius 3 is 3.00 bits per heavy atom. The molecule has 0 aliphatic carbocycles. The number of aromatic nitrogens is 2. The van der Waals surface area contributed by atoms with Gasteiger partial charge in [0.25, 0.3) is 0 Å². The monoisotopic (exact) mass is 307 g/mol. The van der Waals surface area contributed by atoms with Gasteiger partial charge in [0.2, 0.25) is 0 Å². The third-order valence-electron chi connectivity index (χ3n) is 4.39. The second-order valence-electron chi connectivity index (χ2n) is 5.91. The van der Waals surface area contributed by atoms with Crippen LogP contribution in [0.5, 0.6) is 0 Å². The molecule has 23 heavy (non-hydrogen) atoms.